The maximum Gasteiger partial charge on any atom is 0.255 e. The molecule has 0 spiro atoms. The van der Waals surface area contributed by atoms with Gasteiger partial charge in [-0.2, -0.15) is 0 Å². The normalized spacial score (nSPS) is 12.2. The lowest BCUT2D eigenvalue weighted by atomic mass is 10.1. The molecule has 164 valence electrons. The highest BCUT2D eigenvalue weighted by molar-refractivity contribution is 7.89. The van der Waals surface area contributed by atoms with Crippen LogP contribution in [0.4, 0.5) is 5.69 Å². The van der Waals surface area contributed by atoms with Gasteiger partial charge in [-0.1, -0.05) is 12.1 Å². The molecule has 1 amide bonds. The Bertz CT molecular complexity index is 1140. The van der Waals surface area contributed by atoms with Crippen molar-refractivity contribution in [3.05, 3.63) is 58.7 Å². The minimum absolute atomic E-state index is 0.111. The first-order chi connectivity index (χ1) is 13.8. The first-order valence-corrected chi connectivity index (χ1v) is 12.5. The molecule has 0 aliphatic rings. The number of hydrogen-bond acceptors (Lipinski definition) is 5. The highest BCUT2D eigenvalue weighted by atomic mass is 32.2. The van der Waals surface area contributed by atoms with E-state index >= 15 is 0 Å². The predicted octanol–water partition coefficient (Wildman–Crippen LogP) is 1.90. The van der Waals surface area contributed by atoms with Crippen LogP contribution < -0.4 is 10.0 Å². The standard InChI is InChI=1S/C20H27N3O5S2/c1-14-12-18(30(27,28)23(3)4)13-19(15(14)2)22-20(24)17-8-6-16(7-9-17)10-11-21-29(5,25)26/h6-9,12-13,21H,10-11H2,1-5H3,(H,22,24). The molecular weight excluding hydrogens is 426 g/mol. The summed E-state index contributed by atoms with van der Waals surface area (Å²) in [7, 11) is -3.96. The molecule has 8 nitrogen and oxygen atoms in total. The molecule has 0 aliphatic heterocycles. The van der Waals surface area contributed by atoms with E-state index in [2.05, 4.69) is 10.0 Å². The van der Waals surface area contributed by atoms with Crippen molar-refractivity contribution in [1.29, 1.82) is 0 Å². The molecular formula is C20H27N3O5S2. The molecule has 0 unspecified atom stereocenters. The van der Waals surface area contributed by atoms with Crippen LogP contribution in [0.15, 0.2) is 41.3 Å². The number of nitrogens with zero attached hydrogens (tertiary/aromatic N) is 1. The molecule has 30 heavy (non-hydrogen) atoms. The van der Waals surface area contributed by atoms with Crippen LogP contribution in [0.2, 0.25) is 0 Å². The summed E-state index contributed by atoms with van der Waals surface area (Å²) in [6, 6.07) is 9.84. The molecule has 0 atom stereocenters. The fraction of sp³-hybridized carbons (Fsp3) is 0.350. The van der Waals surface area contributed by atoms with Gasteiger partial charge >= 0.3 is 0 Å². The lowest BCUT2D eigenvalue weighted by molar-refractivity contribution is 0.102. The van der Waals surface area contributed by atoms with E-state index in [0.29, 0.717) is 17.7 Å². The second kappa shape index (κ2) is 9.25. The molecule has 0 heterocycles. The average molecular weight is 454 g/mol. The Labute approximate surface area is 178 Å². The summed E-state index contributed by atoms with van der Waals surface area (Å²) in [6.45, 7) is 3.88. The topological polar surface area (TPSA) is 113 Å². The minimum atomic E-state index is -3.63. The molecule has 0 saturated carbocycles. The van der Waals surface area contributed by atoms with Gasteiger partial charge in [0.05, 0.1) is 11.2 Å². The second-order valence-corrected chi connectivity index (χ2v) is 11.3. The third kappa shape index (κ3) is 6.11. The second-order valence-electron chi connectivity index (χ2n) is 7.27. The van der Waals surface area contributed by atoms with E-state index in [0.717, 1.165) is 27.3 Å². The summed E-state index contributed by atoms with van der Waals surface area (Å²) in [4.78, 5) is 12.8. The first kappa shape index (κ1) is 24.0. The lowest BCUT2D eigenvalue weighted by Gasteiger charge is -2.16. The van der Waals surface area contributed by atoms with Crippen LogP contribution in [0.25, 0.3) is 0 Å². The van der Waals surface area contributed by atoms with Crippen LogP contribution in [-0.2, 0) is 26.5 Å². The lowest BCUT2D eigenvalue weighted by Crippen LogP contribution is -2.24. The summed E-state index contributed by atoms with van der Waals surface area (Å²) in [5, 5.41) is 2.79. The molecule has 2 N–H and O–H groups in total. The van der Waals surface area contributed by atoms with Gasteiger partial charge in [-0.25, -0.2) is 25.9 Å². The highest BCUT2D eigenvalue weighted by Crippen LogP contribution is 2.26. The number of anilines is 1. The number of sulfonamides is 2. The fourth-order valence-corrected chi connectivity index (χ4v) is 4.20. The summed E-state index contributed by atoms with van der Waals surface area (Å²) in [5.41, 5.74) is 3.26. The van der Waals surface area contributed by atoms with Crippen LogP contribution in [-0.4, -0.2) is 53.9 Å². The van der Waals surface area contributed by atoms with Crippen molar-refractivity contribution in [1.82, 2.24) is 9.03 Å². The Hall–Kier alpha value is -2.27. The number of hydrogen-bond donors (Lipinski definition) is 2. The van der Waals surface area contributed by atoms with Crippen LogP contribution in [0.5, 0.6) is 0 Å². The number of carbonyl (C=O) groups excluding carboxylic acids is 1. The average Bonchev–Trinajstić information content (AvgIpc) is 2.64. The van der Waals surface area contributed by atoms with Crippen molar-refractivity contribution in [2.24, 2.45) is 0 Å². The van der Waals surface area contributed by atoms with Crippen LogP contribution in [0.3, 0.4) is 0 Å². The number of amides is 1. The Morgan fingerprint density at radius 3 is 2.13 bits per heavy atom. The molecule has 0 aromatic heterocycles. The van der Waals surface area contributed by atoms with Gasteiger partial charge in [-0.05, 0) is 61.2 Å². The Morgan fingerprint density at radius 2 is 1.60 bits per heavy atom. The molecule has 0 bridgehead atoms. The number of carbonyl (C=O) groups is 1. The van der Waals surface area contributed by atoms with Gasteiger partial charge in [0.25, 0.3) is 5.91 Å². The summed E-state index contributed by atoms with van der Waals surface area (Å²) < 4.78 is 50.7. The zero-order valence-electron chi connectivity index (χ0n) is 17.7. The SMILES string of the molecule is Cc1cc(S(=O)(=O)N(C)C)cc(NC(=O)c2ccc(CCNS(C)(=O)=O)cc2)c1C. The van der Waals surface area contributed by atoms with Crippen molar-refractivity contribution >= 4 is 31.6 Å². The summed E-state index contributed by atoms with van der Waals surface area (Å²) in [5.74, 6) is -0.363. The van der Waals surface area contributed by atoms with E-state index < -0.39 is 20.0 Å². The quantitative estimate of drug-likeness (QED) is 0.634. The van der Waals surface area contributed by atoms with E-state index in [-0.39, 0.29) is 17.3 Å². The van der Waals surface area contributed by atoms with Gasteiger partial charge in [-0.15, -0.1) is 0 Å². The number of rotatable bonds is 8. The minimum Gasteiger partial charge on any atom is -0.322 e. The summed E-state index contributed by atoms with van der Waals surface area (Å²) in [6.07, 6.45) is 1.60. The number of benzene rings is 2. The Kier molecular flexibility index (Phi) is 7.40. The van der Waals surface area contributed by atoms with Crippen molar-refractivity contribution in [2.45, 2.75) is 25.2 Å². The molecule has 0 saturated heterocycles. The number of aryl methyl sites for hydroxylation is 1. The maximum atomic E-state index is 12.7. The van der Waals surface area contributed by atoms with Gasteiger partial charge in [0, 0.05) is 31.9 Å². The molecule has 0 aliphatic carbocycles. The zero-order valence-corrected chi connectivity index (χ0v) is 19.3. The van der Waals surface area contributed by atoms with Gasteiger partial charge in [-0.3, -0.25) is 4.79 Å². The van der Waals surface area contributed by atoms with Gasteiger partial charge in [0.15, 0.2) is 0 Å². The van der Waals surface area contributed by atoms with E-state index in [4.69, 9.17) is 0 Å². The third-order valence-corrected chi connectivity index (χ3v) is 7.18. The molecule has 2 aromatic rings. The first-order valence-electron chi connectivity index (χ1n) is 9.20. The molecule has 2 aromatic carbocycles. The molecule has 0 radical (unpaired) electrons. The molecule has 0 fully saturated rings. The smallest absolute Gasteiger partial charge is 0.255 e. The van der Waals surface area contributed by atoms with Crippen molar-refractivity contribution in [3.63, 3.8) is 0 Å². The zero-order chi connectivity index (χ0) is 22.7. The summed E-state index contributed by atoms with van der Waals surface area (Å²) >= 11 is 0. The van der Waals surface area contributed by atoms with E-state index in [1.54, 1.807) is 37.3 Å². The Morgan fingerprint density at radius 1 is 1.00 bits per heavy atom. The van der Waals surface area contributed by atoms with Crippen molar-refractivity contribution in [3.8, 4) is 0 Å². The van der Waals surface area contributed by atoms with Crippen LogP contribution in [0.1, 0.15) is 27.0 Å². The van der Waals surface area contributed by atoms with Crippen LogP contribution >= 0.6 is 0 Å². The Balaban J connectivity index is 2.19. The van der Waals surface area contributed by atoms with E-state index in [9.17, 15) is 21.6 Å². The van der Waals surface area contributed by atoms with Crippen LogP contribution in [0, 0.1) is 13.8 Å². The maximum absolute atomic E-state index is 12.7. The third-order valence-electron chi connectivity index (χ3n) is 4.66. The predicted molar refractivity (Wildman–Crippen MR) is 118 cm³/mol. The van der Waals surface area contributed by atoms with E-state index in [1.807, 2.05) is 6.92 Å². The van der Waals surface area contributed by atoms with Gasteiger partial charge in [0.1, 0.15) is 0 Å². The molecule has 2 rings (SSSR count). The number of nitrogens with one attached hydrogen (secondary N) is 2. The largest absolute Gasteiger partial charge is 0.322 e. The van der Waals surface area contributed by atoms with Crippen molar-refractivity contribution < 1.29 is 21.6 Å². The highest BCUT2D eigenvalue weighted by Gasteiger charge is 2.20. The van der Waals surface area contributed by atoms with Gasteiger partial charge < -0.3 is 5.32 Å². The van der Waals surface area contributed by atoms with E-state index in [1.165, 1.54) is 20.2 Å². The fourth-order valence-electron chi connectivity index (χ4n) is 2.71. The van der Waals surface area contributed by atoms with Crippen molar-refractivity contribution in [2.75, 3.05) is 32.2 Å². The monoisotopic (exact) mass is 453 g/mol. The molecule has 10 heteroatoms. The van der Waals surface area contributed by atoms with Gasteiger partial charge in [0.2, 0.25) is 20.0 Å².